The minimum atomic E-state index is -0.875. The highest BCUT2D eigenvalue weighted by atomic mass is 79.9. The van der Waals surface area contributed by atoms with Gasteiger partial charge in [-0.15, -0.1) is 0 Å². The van der Waals surface area contributed by atoms with E-state index in [1.54, 1.807) is 24.3 Å². The highest BCUT2D eigenvalue weighted by Crippen LogP contribution is 2.05. The third-order valence-corrected chi connectivity index (χ3v) is 2.56. The maximum atomic E-state index is 10.3. The van der Waals surface area contributed by atoms with Gasteiger partial charge in [0.05, 0.1) is 5.56 Å². The number of carboxylic acid groups (broad SMARTS) is 1. The van der Waals surface area contributed by atoms with Crippen molar-refractivity contribution in [3.8, 4) is 0 Å². The van der Waals surface area contributed by atoms with Crippen molar-refractivity contribution in [2.45, 2.75) is 6.92 Å². The Balaban J connectivity index is 0.000000181. The molecule has 0 saturated carbocycles. The average Bonchev–Trinajstić information content (AvgIpc) is 2.31. The maximum Gasteiger partial charge on any atom is 0.335 e. The first-order valence-electron chi connectivity index (χ1n) is 5.10. The lowest BCUT2D eigenvalue weighted by atomic mass is 10.2. The van der Waals surface area contributed by atoms with Crippen molar-refractivity contribution in [1.29, 1.82) is 0 Å². The zero-order chi connectivity index (χ0) is 12.7. The summed E-state index contributed by atoms with van der Waals surface area (Å²) in [5, 5.41) is 8.48. The molecule has 0 aliphatic rings. The summed E-state index contributed by atoms with van der Waals surface area (Å²) in [6, 6.07) is 16.7. The monoisotopic (exact) mass is 292 g/mol. The molecular weight excluding hydrogens is 280 g/mol. The molecule has 17 heavy (non-hydrogen) atoms. The predicted octanol–water partition coefficient (Wildman–Crippen LogP) is 4.14. The third-order valence-electron chi connectivity index (χ3n) is 2.03. The molecule has 2 rings (SSSR count). The number of hydrogen-bond donors (Lipinski definition) is 1. The second kappa shape index (κ2) is 6.86. The normalized spacial score (nSPS) is 9.06. The fourth-order valence-electron chi connectivity index (χ4n) is 1.11. The van der Waals surface area contributed by atoms with Gasteiger partial charge in [-0.25, -0.2) is 4.79 Å². The second-order valence-corrected chi connectivity index (χ2v) is 4.38. The topological polar surface area (TPSA) is 37.3 Å². The van der Waals surface area contributed by atoms with E-state index in [9.17, 15) is 4.79 Å². The molecule has 0 amide bonds. The Morgan fingerprint density at radius 2 is 1.53 bits per heavy atom. The summed E-state index contributed by atoms with van der Waals surface area (Å²) in [6.07, 6.45) is 0. The highest BCUT2D eigenvalue weighted by Gasteiger charge is 1.98. The molecule has 0 saturated heterocycles. The number of rotatable bonds is 1. The van der Waals surface area contributed by atoms with Crippen LogP contribution < -0.4 is 0 Å². The summed E-state index contributed by atoms with van der Waals surface area (Å²) in [4.78, 5) is 10.3. The van der Waals surface area contributed by atoms with Gasteiger partial charge in [0.25, 0.3) is 0 Å². The van der Waals surface area contributed by atoms with Gasteiger partial charge in [0.2, 0.25) is 0 Å². The van der Waals surface area contributed by atoms with Crippen molar-refractivity contribution in [3.63, 3.8) is 0 Å². The van der Waals surface area contributed by atoms with Crippen LogP contribution in [-0.4, -0.2) is 11.1 Å². The third kappa shape index (κ3) is 5.31. The minimum absolute atomic E-state index is 0.339. The summed E-state index contributed by atoms with van der Waals surface area (Å²) < 4.78 is 1.13. The predicted molar refractivity (Wildman–Crippen MR) is 72.3 cm³/mol. The zero-order valence-corrected chi connectivity index (χ0v) is 11.0. The zero-order valence-electron chi connectivity index (χ0n) is 9.43. The van der Waals surface area contributed by atoms with Crippen LogP contribution >= 0.6 is 15.9 Å². The number of benzene rings is 2. The van der Waals surface area contributed by atoms with Crippen molar-refractivity contribution >= 4 is 21.9 Å². The lowest BCUT2D eigenvalue weighted by molar-refractivity contribution is 0.0697. The van der Waals surface area contributed by atoms with Gasteiger partial charge in [-0.05, 0) is 31.2 Å². The molecule has 0 aliphatic heterocycles. The van der Waals surface area contributed by atoms with E-state index >= 15 is 0 Å². The van der Waals surface area contributed by atoms with E-state index in [4.69, 9.17) is 5.11 Å². The first-order valence-corrected chi connectivity index (χ1v) is 5.89. The van der Waals surface area contributed by atoms with E-state index in [-0.39, 0.29) is 0 Å². The van der Waals surface area contributed by atoms with Gasteiger partial charge in [-0.3, -0.25) is 0 Å². The molecule has 0 unspecified atom stereocenters. The van der Waals surface area contributed by atoms with Gasteiger partial charge in [-0.2, -0.15) is 0 Å². The van der Waals surface area contributed by atoms with Crippen LogP contribution in [0.2, 0.25) is 0 Å². The molecular formula is C14H13BrO2. The van der Waals surface area contributed by atoms with Crippen LogP contribution in [0.5, 0.6) is 0 Å². The molecule has 3 heteroatoms. The number of carbonyl (C=O) groups is 1. The van der Waals surface area contributed by atoms with Crippen LogP contribution in [-0.2, 0) is 0 Å². The Bertz CT molecular complexity index is 463. The Morgan fingerprint density at radius 1 is 1.00 bits per heavy atom. The Labute approximate surface area is 109 Å². The first-order chi connectivity index (χ1) is 8.09. The van der Waals surface area contributed by atoms with Crippen LogP contribution in [0, 0.1) is 6.92 Å². The maximum absolute atomic E-state index is 10.3. The molecule has 0 aliphatic carbocycles. The van der Waals surface area contributed by atoms with E-state index in [2.05, 4.69) is 15.9 Å². The van der Waals surface area contributed by atoms with Crippen molar-refractivity contribution in [2.75, 3.05) is 0 Å². The lowest BCUT2D eigenvalue weighted by Crippen LogP contribution is -1.94. The van der Waals surface area contributed by atoms with Crippen LogP contribution in [0.3, 0.4) is 0 Å². The summed E-state index contributed by atoms with van der Waals surface area (Å²) in [7, 11) is 0. The number of aryl methyl sites for hydroxylation is 1. The van der Waals surface area contributed by atoms with Gasteiger partial charge >= 0.3 is 5.97 Å². The molecule has 0 radical (unpaired) electrons. The summed E-state index contributed by atoms with van der Waals surface area (Å²) in [5.74, 6) is -0.875. The number of hydrogen-bond acceptors (Lipinski definition) is 1. The van der Waals surface area contributed by atoms with E-state index in [0.29, 0.717) is 5.56 Å². The van der Waals surface area contributed by atoms with E-state index in [1.165, 1.54) is 0 Å². The number of carboxylic acids is 1. The molecule has 88 valence electrons. The molecule has 0 spiro atoms. The van der Waals surface area contributed by atoms with Gasteiger partial charge < -0.3 is 5.11 Å². The van der Waals surface area contributed by atoms with Crippen LogP contribution in [0.15, 0.2) is 59.1 Å². The molecule has 0 atom stereocenters. The number of halogens is 1. The average molecular weight is 293 g/mol. The molecule has 0 bridgehead atoms. The standard InChI is InChI=1S/C8H8O2.C6H5Br/c1-6-2-4-7(5-3-6)8(9)10;7-6-4-2-1-3-5-6/h2-5H,1H3,(H,9,10);1-5H. The van der Waals surface area contributed by atoms with Gasteiger partial charge in [0, 0.05) is 4.47 Å². The van der Waals surface area contributed by atoms with Crippen LogP contribution in [0.1, 0.15) is 15.9 Å². The SMILES string of the molecule is Brc1ccccc1.Cc1ccc(C(=O)O)cc1. The molecule has 0 aromatic heterocycles. The van der Waals surface area contributed by atoms with Crippen molar-refractivity contribution in [2.24, 2.45) is 0 Å². The van der Waals surface area contributed by atoms with Crippen molar-refractivity contribution in [3.05, 3.63) is 70.2 Å². The largest absolute Gasteiger partial charge is 0.478 e. The van der Waals surface area contributed by atoms with E-state index < -0.39 is 5.97 Å². The fraction of sp³-hybridized carbons (Fsp3) is 0.0714. The molecule has 2 aromatic rings. The second-order valence-electron chi connectivity index (χ2n) is 3.47. The summed E-state index contributed by atoms with van der Waals surface area (Å²) in [5.41, 5.74) is 1.41. The first kappa shape index (κ1) is 13.5. The minimum Gasteiger partial charge on any atom is -0.478 e. The van der Waals surface area contributed by atoms with Gasteiger partial charge in [-0.1, -0.05) is 51.8 Å². The van der Waals surface area contributed by atoms with E-state index in [1.807, 2.05) is 37.3 Å². The van der Waals surface area contributed by atoms with Gasteiger partial charge in [0.1, 0.15) is 0 Å². The Kier molecular flexibility index (Phi) is 5.43. The van der Waals surface area contributed by atoms with E-state index in [0.717, 1.165) is 10.0 Å². The summed E-state index contributed by atoms with van der Waals surface area (Å²) in [6.45, 7) is 1.92. The molecule has 2 aromatic carbocycles. The number of aromatic carboxylic acids is 1. The quantitative estimate of drug-likeness (QED) is 0.858. The Hall–Kier alpha value is -1.61. The summed E-state index contributed by atoms with van der Waals surface area (Å²) >= 11 is 3.31. The molecule has 1 N–H and O–H groups in total. The van der Waals surface area contributed by atoms with Crippen LogP contribution in [0.25, 0.3) is 0 Å². The fourth-order valence-corrected chi connectivity index (χ4v) is 1.42. The molecule has 0 heterocycles. The highest BCUT2D eigenvalue weighted by molar-refractivity contribution is 9.10. The van der Waals surface area contributed by atoms with Crippen molar-refractivity contribution in [1.82, 2.24) is 0 Å². The smallest absolute Gasteiger partial charge is 0.335 e. The molecule has 0 fully saturated rings. The van der Waals surface area contributed by atoms with Crippen LogP contribution in [0.4, 0.5) is 0 Å². The Morgan fingerprint density at radius 3 is 1.88 bits per heavy atom. The molecule has 2 nitrogen and oxygen atoms in total. The van der Waals surface area contributed by atoms with Crippen molar-refractivity contribution < 1.29 is 9.90 Å². The van der Waals surface area contributed by atoms with Gasteiger partial charge in [0.15, 0.2) is 0 Å². The lowest BCUT2D eigenvalue weighted by Gasteiger charge is -1.92.